The van der Waals surface area contributed by atoms with Crippen molar-refractivity contribution in [3.8, 4) is 0 Å². The lowest BCUT2D eigenvalue weighted by Crippen LogP contribution is -2.49. The number of rotatable bonds is 5. The van der Waals surface area contributed by atoms with E-state index in [-0.39, 0.29) is 0 Å². The first-order chi connectivity index (χ1) is 13.6. The molecule has 0 radical (unpaired) electrons. The van der Waals surface area contributed by atoms with Crippen LogP contribution < -0.4 is 9.80 Å². The predicted molar refractivity (Wildman–Crippen MR) is 113 cm³/mol. The Morgan fingerprint density at radius 2 is 1.82 bits per heavy atom. The summed E-state index contributed by atoms with van der Waals surface area (Å²) < 4.78 is 0. The van der Waals surface area contributed by atoms with Crippen LogP contribution in [0.1, 0.15) is 19.3 Å². The van der Waals surface area contributed by atoms with Crippen molar-refractivity contribution in [2.45, 2.75) is 19.3 Å². The van der Waals surface area contributed by atoms with E-state index in [4.69, 9.17) is 0 Å². The first kappa shape index (κ1) is 18.9. The molecule has 2 aromatic rings. The highest BCUT2D eigenvalue weighted by atomic mass is 16.2. The Morgan fingerprint density at radius 1 is 1.00 bits per heavy atom. The minimum atomic E-state index is 0.333. The van der Waals surface area contributed by atoms with Crippen molar-refractivity contribution in [1.29, 1.82) is 0 Å². The molecule has 1 aromatic heterocycles. The van der Waals surface area contributed by atoms with Gasteiger partial charge in [-0.3, -0.25) is 9.69 Å². The second kappa shape index (κ2) is 8.31. The van der Waals surface area contributed by atoms with Crippen molar-refractivity contribution < 1.29 is 4.79 Å². The van der Waals surface area contributed by atoms with E-state index in [1.54, 1.807) is 6.33 Å². The third-order valence-electron chi connectivity index (χ3n) is 5.87. The molecule has 4 rings (SSSR count). The number of nitrogens with zero attached hydrogens (tertiary/aromatic N) is 6. The number of carbonyl (C=O) groups is 1. The van der Waals surface area contributed by atoms with Crippen molar-refractivity contribution in [2.75, 3.05) is 69.7 Å². The Morgan fingerprint density at radius 3 is 2.57 bits per heavy atom. The Kier molecular flexibility index (Phi) is 5.62. The van der Waals surface area contributed by atoms with Gasteiger partial charge in [0.05, 0.1) is 5.52 Å². The first-order valence-electron chi connectivity index (χ1n) is 10.3. The number of piperidine rings is 1. The van der Waals surface area contributed by atoms with Gasteiger partial charge in [-0.15, -0.1) is 0 Å². The van der Waals surface area contributed by atoms with Crippen LogP contribution in [-0.2, 0) is 4.79 Å². The zero-order valence-electron chi connectivity index (χ0n) is 17.0. The molecule has 150 valence electrons. The Hall–Kier alpha value is -2.41. The van der Waals surface area contributed by atoms with E-state index in [0.29, 0.717) is 5.91 Å². The number of fused-ring (bicyclic) bond motifs is 1. The number of benzene rings is 1. The molecule has 2 saturated heterocycles. The van der Waals surface area contributed by atoms with E-state index < -0.39 is 0 Å². The molecular formula is C21H30N6O. The zero-order chi connectivity index (χ0) is 19.5. The minimum absolute atomic E-state index is 0.333. The Balaban J connectivity index is 1.37. The fourth-order valence-corrected chi connectivity index (χ4v) is 4.17. The van der Waals surface area contributed by atoms with Gasteiger partial charge in [0.1, 0.15) is 12.1 Å². The van der Waals surface area contributed by atoms with Gasteiger partial charge in [-0.1, -0.05) is 0 Å². The van der Waals surface area contributed by atoms with E-state index in [1.165, 1.54) is 5.69 Å². The molecule has 1 aromatic carbocycles. The zero-order valence-corrected chi connectivity index (χ0v) is 17.0. The van der Waals surface area contributed by atoms with E-state index >= 15 is 0 Å². The molecule has 1 amide bonds. The fourth-order valence-electron chi connectivity index (χ4n) is 4.17. The predicted octanol–water partition coefficient (Wildman–Crippen LogP) is 1.83. The summed E-state index contributed by atoms with van der Waals surface area (Å²) in [5.74, 6) is 1.29. The normalized spacial score (nSPS) is 18.7. The lowest BCUT2D eigenvalue weighted by molar-refractivity contribution is -0.133. The molecule has 0 unspecified atom stereocenters. The summed E-state index contributed by atoms with van der Waals surface area (Å²) in [7, 11) is 4.03. The molecular weight excluding hydrogens is 352 g/mol. The highest BCUT2D eigenvalue weighted by Crippen LogP contribution is 2.27. The Labute approximate surface area is 166 Å². The van der Waals surface area contributed by atoms with E-state index in [0.717, 1.165) is 81.8 Å². The maximum absolute atomic E-state index is 12.0. The molecule has 7 heteroatoms. The van der Waals surface area contributed by atoms with Gasteiger partial charge in [0.15, 0.2) is 0 Å². The monoisotopic (exact) mass is 382 g/mol. The van der Waals surface area contributed by atoms with Crippen molar-refractivity contribution in [3.63, 3.8) is 0 Å². The molecule has 0 saturated carbocycles. The average Bonchev–Trinajstić information content (AvgIpc) is 2.72. The number of likely N-dealkylation sites (tertiary alicyclic amines) is 1. The third-order valence-corrected chi connectivity index (χ3v) is 5.87. The fraction of sp³-hybridized carbons (Fsp3) is 0.571. The third kappa shape index (κ3) is 4.04. The maximum atomic E-state index is 12.0. The van der Waals surface area contributed by atoms with Crippen molar-refractivity contribution >= 4 is 28.3 Å². The lowest BCUT2D eigenvalue weighted by Gasteiger charge is -2.37. The molecule has 3 heterocycles. The molecule has 0 spiro atoms. The van der Waals surface area contributed by atoms with Crippen LogP contribution in [0.4, 0.5) is 11.5 Å². The van der Waals surface area contributed by atoms with Gasteiger partial charge in [0, 0.05) is 77.4 Å². The Bertz CT molecular complexity index is 831. The number of anilines is 2. The number of carbonyl (C=O) groups excluding carboxylic acids is 1. The van der Waals surface area contributed by atoms with Crippen LogP contribution in [0.15, 0.2) is 24.5 Å². The van der Waals surface area contributed by atoms with Gasteiger partial charge >= 0.3 is 0 Å². The SMILES string of the molecule is CN(C)c1ncnc2ccc(N3CCN(CCN4CCCCC4=O)CC3)cc12. The van der Waals surface area contributed by atoms with Gasteiger partial charge in [-0.05, 0) is 31.0 Å². The van der Waals surface area contributed by atoms with E-state index in [2.05, 4.69) is 38.0 Å². The largest absolute Gasteiger partial charge is 0.369 e. The molecule has 0 bridgehead atoms. The summed E-state index contributed by atoms with van der Waals surface area (Å²) in [5.41, 5.74) is 2.21. The summed E-state index contributed by atoms with van der Waals surface area (Å²) >= 11 is 0. The van der Waals surface area contributed by atoms with Crippen LogP contribution >= 0.6 is 0 Å². The maximum Gasteiger partial charge on any atom is 0.222 e. The molecule has 28 heavy (non-hydrogen) atoms. The number of hydrogen-bond donors (Lipinski definition) is 0. The summed E-state index contributed by atoms with van der Waals surface area (Å²) in [5, 5.41) is 1.09. The number of amides is 1. The molecule has 7 nitrogen and oxygen atoms in total. The van der Waals surface area contributed by atoms with Gasteiger partial charge in [-0.2, -0.15) is 0 Å². The van der Waals surface area contributed by atoms with Crippen LogP contribution in [0.25, 0.3) is 10.9 Å². The summed E-state index contributed by atoms with van der Waals surface area (Å²) in [6.07, 6.45) is 4.57. The second-order valence-corrected chi connectivity index (χ2v) is 7.96. The molecule has 2 aliphatic heterocycles. The lowest BCUT2D eigenvalue weighted by atomic mass is 10.1. The molecule has 2 fully saturated rings. The quantitative estimate of drug-likeness (QED) is 0.786. The van der Waals surface area contributed by atoms with Crippen molar-refractivity contribution in [1.82, 2.24) is 19.8 Å². The van der Waals surface area contributed by atoms with Gasteiger partial charge < -0.3 is 14.7 Å². The van der Waals surface area contributed by atoms with Crippen LogP contribution in [0.3, 0.4) is 0 Å². The molecule has 0 atom stereocenters. The number of hydrogen-bond acceptors (Lipinski definition) is 6. The highest BCUT2D eigenvalue weighted by Gasteiger charge is 2.21. The second-order valence-electron chi connectivity index (χ2n) is 7.96. The summed E-state index contributed by atoms with van der Waals surface area (Å²) in [4.78, 5) is 29.8. The topological polar surface area (TPSA) is 55.8 Å². The van der Waals surface area contributed by atoms with E-state index in [9.17, 15) is 4.79 Å². The van der Waals surface area contributed by atoms with Crippen LogP contribution in [0.2, 0.25) is 0 Å². The molecule has 0 N–H and O–H groups in total. The first-order valence-corrected chi connectivity index (χ1v) is 10.3. The minimum Gasteiger partial charge on any atom is -0.369 e. The van der Waals surface area contributed by atoms with Gasteiger partial charge in [0.25, 0.3) is 0 Å². The standard InChI is InChI=1S/C21H30N6O/c1-24(2)21-18-15-17(6-7-19(18)22-16-23-21)26-12-9-25(10-13-26)11-14-27-8-4-3-5-20(27)28/h6-7,15-16H,3-5,8-14H2,1-2H3. The van der Waals surface area contributed by atoms with Crippen LogP contribution in [0.5, 0.6) is 0 Å². The van der Waals surface area contributed by atoms with E-state index in [1.807, 2.05) is 23.9 Å². The average molecular weight is 383 g/mol. The van der Waals surface area contributed by atoms with Gasteiger partial charge in [-0.25, -0.2) is 9.97 Å². The number of aromatic nitrogens is 2. The molecule has 0 aliphatic carbocycles. The van der Waals surface area contributed by atoms with Crippen molar-refractivity contribution in [3.05, 3.63) is 24.5 Å². The number of piperazine rings is 1. The molecule has 2 aliphatic rings. The van der Waals surface area contributed by atoms with Gasteiger partial charge in [0.2, 0.25) is 5.91 Å². The van der Waals surface area contributed by atoms with Crippen LogP contribution in [-0.4, -0.2) is 85.6 Å². The van der Waals surface area contributed by atoms with Crippen molar-refractivity contribution in [2.24, 2.45) is 0 Å². The summed E-state index contributed by atoms with van der Waals surface area (Å²) in [6, 6.07) is 6.47. The highest BCUT2D eigenvalue weighted by molar-refractivity contribution is 5.91. The van der Waals surface area contributed by atoms with Crippen LogP contribution in [0, 0.1) is 0 Å². The summed E-state index contributed by atoms with van der Waals surface area (Å²) in [6.45, 7) is 6.87. The smallest absolute Gasteiger partial charge is 0.222 e.